The van der Waals surface area contributed by atoms with E-state index in [4.69, 9.17) is 19.9 Å². The molecule has 0 saturated heterocycles. The number of benzene rings is 7. The van der Waals surface area contributed by atoms with Crippen LogP contribution in [0.25, 0.3) is 113 Å². The predicted molar refractivity (Wildman–Crippen MR) is 500 cm³/mol. The molecule has 10 aromatic rings. The van der Waals surface area contributed by atoms with E-state index in [-0.39, 0.29) is 62.8 Å². The molecule has 7 aromatic carbocycles. The van der Waals surface area contributed by atoms with Gasteiger partial charge in [-0.3, -0.25) is 0 Å². The monoisotopic (exact) mass is 1700 g/mol. The smallest absolute Gasteiger partial charge is 0.657 e. The molecule has 594 valence electrons. The van der Waals surface area contributed by atoms with Crippen molar-refractivity contribution in [3.63, 3.8) is 0 Å². The van der Waals surface area contributed by atoms with Crippen molar-refractivity contribution < 1.29 is 19.5 Å². The first-order valence-electron chi connectivity index (χ1n) is 43.4. The Bertz CT molecular complexity index is 5490. The fourth-order valence-corrected chi connectivity index (χ4v) is 19.5. The second-order valence-corrected chi connectivity index (χ2v) is 42.2. The van der Waals surface area contributed by atoms with Gasteiger partial charge in [0.1, 0.15) is 0 Å². The maximum atomic E-state index is 6.24. The summed E-state index contributed by atoms with van der Waals surface area (Å²) in [5.41, 5.74) is 35.1. The fourth-order valence-electron chi connectivity index (χ4n) is 18.8. The van der Waals surface area contributed by atoms with Gasteiger partial charge in [-0.1, -0.05) is 370 Å². The summed E-state index contributed by atoms with van der Waals surface area (Å²) in [7, 11) is 0. The van der Waals surface area contributed by atoms with Crippen LogP contribution in [-0.2, 0) is 62.8 Å². The van der Waals surface area contributed by atoms with Crippen LogP contribution >= 0.6 is 31.9 Å². The minimum Gasteiger partial charge on any atom is -0.657 e. The Balaban J connectivity index is 0.0000115. The topological polar surface area (TPSA) is 54.0 Å². The van der Waals surface area contributed by atoms with Crippen LogP contribution in [0.5, 0.6) is 0 Å². The molecular weight excluding hydrogens is 1580 g/mol. The van der Waals surface area contributed by atoms with Crippen LogP contribution in [-0.4, -0.2) is 9.97 Å². The first-order chi connectivity index (χ1) is 53.8. The zero-order valence-corrected chi connectivity index (χ0v) is 79.9. The second kappa shape index (κ2) is 32.8. The van der Waals surface area contributed by atoms with Gasteiger partial charge in [-0.2, -0.15) is 0 Å². The zero-order valence-electron chi connectivity index (χ0n) is 73.7. The molecule has 5 heterocycles. The van der Waals surface area contributed by atoms with Crippen molar-refractivity contribution >= 4 is 77.7 Å². The van der Waals surface area contributed by atoms with Gasteiger partial charge in [0.2, 0.25) is 0 Å². The molecule has 0 amide bonds. The fraction of sp³-hybridized carbons (Fsp3) is 0.426. The van der Waals surface area contributed by atoms with Crippen molar-refractivity contribution in [2.45, 2.75) is 298 Å². The van der Waals surface area contributed by atoms with Crippen molar-refractivity contribution in [3.8, 4) is 66.8 Å². The summed E-state index contributed by atoms with van der Waals surface area (Å²) in [6, 6.07) is 60.7. The van der Waals surface area contributed by atoms with Crippen molar-refractivity contribution in [1.82, 2.24) is 19.9 Å². The number of aromatic nitrogens is 4. The van der Waals surface area contributed by atoms with Crippen molar-refractivity contribution in [2.24, 2.45) is 0 Å². The molecule has 115 heavy (non-hydrogen) atoms. The molecule has 8 bridgehead atoms. The maximum absolute atomic E-state index is 6.24. The minimum atomic E-state index is -0.177. The SMILES string of the molecule is CCCCCC1(CCCCC)c2ccc(Br)cc2-c2cc(C3=Cc4nc3cc3[n-]c(cc3-c3ccc5c(c3)-c3cc(Br)ccc3C5(CCCCC)CCCCC)c(-c3cc(C(C)(C)C)cc(C(C)(C)C)c3)c3nc(c(-c5cc(C(C)(C)C)cc(C(C)(C)C)c5)c5ccc([n-]5)c4-c4cc(C(C)(C)C)cc(C(C)(C)C)c4)C=C3)ccc21.[Zn+2]. The summed E-state index contributed by atoms with van der Waals surface area (Å²) in [6.07, 6.45) is 25.8. The number of rotatable bonds is 21. The number of nitrogens with zero attached hydrogens (tertiary/aromatic N) is 4. The van der Waals surface area contributed by atoms with E-state index in [1.54, 1.807) is 0 Å². The van der Waals surface area contributed by atoms with Gasteiger partial charge < -0.3 is 9.97 Å². The third-order valence-electron chi connectivity index (χ3n) is 25.6. The Kier molecular flexibility index (Phi) is 24.4. The van der Waals surface area contributed by atoms with E-state index in [2.05, 4.69) is 354 Å². The molecule has 0 spiro atoms. The van der Waals surface area contributed by atoms with E-state index < -0.39 is 0 Å². The summed E-state index contributed by atoms with van der Waals surface area (Å²) in [4.78, 5) is 24.6. The molecule has 2 aliphatic heterocycles. The second-order valence-electron chi connectivity index (χ2n) is 40.4. The molecule has 4 aliphatic rings. The standard InChI is InChI=1S/C108H126Br2N4.Zn/c1-23-27-31-47-107(48-32-28-24-2)86-39-35-67(57-82(86)84-62-78(109)37-41-88(84)107)80-64-96-99(70-53-74(103(11,12)13)60-75(54-70)104(14,15)16)92-45-43-90(111-92)98(69-51-72(101(5,6)7)59-73(52-69)102(8,9)10)91-44-46-93(112-91)100(71-55-76(105(17,18)19)61-77(56-71)106(20,21)22)97-65-81(95(114-97)66-94(80)113-96)68-36-40-87-83(58-68)85-63-79(110)38-42-89(85)108(87,49-33-29-25-3)50-34-30-26-4;/h35-46,51-66H,23-34,47-50H2,1-22H3;/q-2;+2. The van der Waals surface area contributed by atoms with Crippen LogP contribution in [0.15, 0.2) is 161 Å². The predicted octanol–water partition coefficient (Wildman–Crippen LogP) is 32.2. The van der Waals surface area contributed by atoms with E-state index in [1.807, 2.05) is 0 Å². The van der Waals surface area contributed by atoms with E-state index in [1.165, 1.54) is 155 Å². The summed E-state index contributed by atoms with van der Waals surface area (Å²) in [5.74, 6) is 0. The van der Waals surface area contributed by atoms with Gasteiger partial charge in [0.25, 0.3) is 0 Å². The molecule has 7 heteroatoms. The Labute approximate surface area is 721 Å². The van der Waals surface area contributed by atoms with Crippen LogP contribution in [0.2, 0.25) is 0 Å². The van der Waals surface area contributed by atoms with Gasteiger partial charge in [0, 0.05) is 25.3 Å². The molecule has 0 fully saturated rings. The molecule has 0 saturated carbocycles. The van der Waals surface area contributed by atoms with Gasteiger partial charge in [0.05, 0.1) is 22.8 Å². The van der Waals surface area contributed by atoms with Crippen molar-refractivity contribution in [1.29, 1.82) is 0 Å². The molecule has 0 radical (unpaired) electrons. The van der Waals surface area contributed by atoms with Gasteiger partial charge in [-0.15, -0.1) is 22.1 Å². The Morgan fingerprint density at radius 3 is 0.983 bits per heavy atom. The van der Waals surface area contributed by atoms with Crippen LogP contribution < -0.4 is 9.97 Å². The van der Waals surface area contributed by atoms with Crippen LogP contribution in [0, 0.1) is 0 Å². The van der Waals surface area contributed by atoms with Crippen molar-refractivity contribution in [2.75, 3.05) is 0 Å². The largest absolute Gasteiger partial charge is 2.00 e. The first kappa shape index (κ1) is 85.6. The van der Waals surface area contributed by atoms with E-state index >= 15 is 0 Å². The minimum absolute atomic E-state index is 0. The maximum Gasteiger partial charge on any atom is 2.00 e. The number of halogens is 2. The third kappa shape index (κ3) is 17.0. The van der Waals surface area contributed by atoms with Gasteiger partial charge in [-0.05, 0) is 247 Å². The van der Waals surface area contributed by atoms with Crippen LogP contribution in [0.4, 0.5) is 0 Å². The number of hydrogen-bond acceptors (Lipinski definition) is 2. The molecule has 14 rings (SSSR count). The average molecular weight is 1710 g/mol. The van der Waals surface area contributed by atoms with E-state index in [9.17, 15) is 0 Å². The Hall–Kier alpha value is -7.28. The number of hydrogen-bond donors (Lipinski definition) is 0. The number of fused-ring (bicyclic) bond motifs is 14. The normalized spacial score (nSPS) is 14.4. The van der Waals surface area contributed by atoms with Crippen LogP contribution in [0.1, 0.15) is 339 Å². The number of unbranched alkanes of at least 4 members (excludes halogenated alkanes) is 8. The van der Waals surface area contributed by atoms with Crippen molar-refractivity contribution in [3.05, 3.63) is 245 Å². The molecule has 4 nitrogen and oxygen atoms in total. The third-order valence-corrected chi connectivity index (χ3v) is 26.6. The van der Waals surface area contributed by atoms with Crippen LogP contribution in [0.3, 0.4) is 0 Å². The molecule has 0 atom stereocenters. The summed E-state index contributed by atoms with van der Waals surface area (Å²) in [6.45, 7) is 51.6. The van der Waals surface area contributed by atoms with Gasteiger partial charge in [-0.25, -0.2) is 9.97 Å². The molecule has 3 aromatic heterocycles. The summed E-state index contributed by atoms with van der Waals surface area (Å²) in [5, 5.41) is 0. The Morgan fingerprint density at radius 1 is 0.296 bits per heavy atom. The van der Waals surface area contributed by atoms with Gasteiger partial charge in [0.15, 0.2) is 0 Å². The summed E-state index contributed by atoms with van der Waals surface area (Å²) < 4.78 is 2.21. The average Bonchev–Trinajstić information content (AvgIpc) is 1.60. The molecule has 2 aliphatic carbocycles. The van der Waals surface area contributed by atoms with Gasteiger partial charge >= 0.3 is 19.5 Å². The molecule has 0 N–H and O–H groups in total. The first-order valence-corrected chi connectivity index (χ1v) is 44.9. The quantitative estimate of drug-likeness (QED) is 0.0531. The zero-order chi connectivity index (χ0) is 81.6. The summed E-state index contributed by atoms with van der Waals surface area (Å²) >= 11 is 8.09. The molecular formula is C108H126Br2N4Zn. The molecule has 0 unspecified atom stereocenters. The van der Waals surface area contributed by atoms with E-state index in [0.29, 0.717) is 0 Å². The Morgan fingerprint density at radius 2 is 0.617 bits per heavy atom. The van der Waals surface area contributed by atoms with E-state index in [0.717, 1.165) is 135 Å².